The molecule has 0 bridgehead atoms. The molecule has 1 unspecified atom stereocenters. The van der Waals surface area contributed by atoms with Gasteiger partial charge < -0.3 is 14.9 Å². The van der Waals surface area contributed by atoms with Crippen LogP contribution in [0.4, 0.5) is 0 Å². The first kappa shape index (κ1) is 12.7. The summed E-state index contributed by atoms with van der Waals surface area (Å²) in [7, 11) is 1.25. The van der Waals surface area contributed by atoms with Gasteiger partial charge in [0.05, 0.1) is 7.11 Å². The van der Waals surface area contributed by atoms with Crippen LogP contribution in [-0.4, -0.2) is 47.0 Å². The standard InChI is InChI=1S/C8H16O4S/c1-8(11,7(10)12-2)6-13-5-3-4-9/h9,11H,3-6H2,1-2H3. The first-order valence-electron chi connectivity index (χ1n) is 4.04. The first-order chi connectivity index (χ1) is 6.04. The highest BCUT2D eigenvalue weighted by Crippen LogP contribution is 2.15. The van der Waals surface area contributed by atoms with Crippen molar-refractivity contribution in [3.05, 3.63) is 0 Å². The monoisotopic (exact) mass is 208 g/mol. The third-order valence-electron chi connectivity index (χ3n) is 1.46. The van der Waals surface area contributed by atoms with Crippen LogP contribution in [0.25, 0.3) is 0 Å². The maximum Gasteiger partial charge on any atom is 0.338 e. The molecule has 4 nitrogen and oxygen atoms in total. The molecule has 1 atom stereocenters. The number of aliphatic hydroxyl groups excluding tert-OH is 1. The van der Waals surface area contributed by atoms with Gasteiger partial charge in [0, 0.05) is 12.4 Å². The fourth-order valence-electron chi connectivity index (χ4n) is 0.716. The second kappa shape index (κ2) is 6.23. The molecule has 0 aliphatic carbocycles. The number of ether oxygens (including phenoxy) is 1. The lowest BCUT2D eigenvalue weighted by atomic mass is 10.1. The van der Waals surface area contributed by atoms with Crippen LogP contribution in [0.15, 0.2) is 0 Å². The van der Waals surface area contributed by atoms with E-state index in [0.717, 1.165) is 5.75 Å². The van der Waals surface area contributed by atoms with E-state index in [-0.39, 0.29) is 6.61 Å². The van der Waals surface area contributed by atoms with E-state index in [4.69, 9.17) is 5.11 Å². The molecule has 0 aliphatic rings. The Morgan fingerprint density at radius 1 is 1.62 bits per heavy atom. The fraction of sp³-hybridized carbons (Fsp3) is 0.875. The average Bonchev–Trinajstić information content (AvgIpc) is 2.11. The molecule has 0 spiro atoms. The van der Waals surface area contributed by atoms with Crippen molar-refractivity contribution in [3.63, 3.8) is 0 Å². The Kier molecular flexibility index (Phi) is 6.11. The van der Waals surface area contributed by atoms with Gasteiger partial charge >= 0.3 is 5.97 Å². The van der Waals surface area contributed by atoms with Crippen molar-refractivity contribution in [3.8, 4) is 0 Å². The molecule has 78 valence electrons. The number of hydrogen-bond acceptors (Lipinski definition) is 5. The zero-order chi connectivity index (χ0) is 10.3. The van der Waals surface area contributed by atoms with E-state index in [9.17, 15) is 9.90 Å². The Labute approximate surface area is 82.3 Å². The zero-order valence-corrected chi connectivity index (χ0v) is 8.76. The van der Waals surface area contributed by atoms with Crippen molar-refractivity contribution in [2.75, 3.05) is 25.2 Å². The van der Waals surface area contributed by atoms with Crippen molar-refractivity contribution in [2.24, 2.45) is 0 Å². The Morgan fingerprint density at radius 3 is 2.69 bits per heavy atom. The Bertz CT molecular complexity index is 158. The number of hydrogen-bond donors (Lipinski definition) is 2. The summed E-state index contributed by atoms with van der Waals surface area (Å²) in [6, 6.07) is 0. The van der Waals surface area contributed by atoms with E-state index in [2.05, 4.69) is 4.74 Å². The second-order valence-electron chi connectivity index (χ2n) is 2.90. The molecule has 2 N–H and O–H groups in total. The molecule has 0 aromatic carbocycles. The van der Waals surface area contributed by atoms with Crippen LogP contribution in [0.1, 0.15) is 13.3 Å². The third-order valence-corrected chi connectivity index (χ3v) is 2.80. The lowest BCUT2D eigenvalue weighted by Crippen LogP contribution is -2.38. The summed E-state index contributed by atoms with van der Waals surface area (Å²) < 4.78 is 4.42. The number of esters is 1. The van der Waals surface area contributed by atoms with Gasteiger partial charge in [0.1, 0.15) is 0 Å². The SMILES string of the molecule is COC(=O)C(C)(O)CSCCCO. The summed E-state index contributed by atoms with van der Waals surface area (Å²) in [5, 5.41) is 18.0. The van der Waals surface area contributed by atoms with Crippen LogP contribution in [0.2, 0.25) is 0 Å². The van der Waals surface area contributed by atoms with Gasteiger partial charge in [-0.2, -0.15) is 11.8 Å². The third kappa shape index (κ3) is 5.13. The first-order valence-corrected chi connectivity index (χ1v) is 5.19. The molecule has 0 fully saturated rings. The van der Waals surface area contributed by atoms with Crippen LogP contribution in [0.3, 0.4) is 0 Å². The van der Waals surface area contributed by atoms with E-state index in [0.29, 0.717) is 12.2 Å². The smallest absolute Gasteiger partial charge is 0.338 e. The van der Waals surface area contributed by atoms with Crippen LogP contribution in [0.5, 0.6) is 0 Å². The number of carbonyl (C=O) groups is 1. The quantitative estimate of drug-likeness (QED) is 0.476. The molecule has 0 radical (unpaired) electrons. The zero-order valence-electron chi connectivity index (χ0n) is 7.95. The van der Waals surface area contributed by atoms with Crippen LogP contribution in [0, 0.1) is 0 Å². The highest BCUT2D eigenvalue weighted by atomic mass is 32.2. The molecule has 0 saturated heterocycles. The van der Waals surface area contributed by atoms with E-state index in [1.807, 2.05) is 0 Å². The maximum atomic E-state index is 11.0. The van der Waals surface area contributed by atoms with Gasteiger partial charge in [-0.15, -0.1) is 0 Å². The molecular weight excluding hydrogens is 192 g/mol. The van der Waals surface area contributed by atoms with Gasteiger partial charge in [-0.3, -0.25) is 0 Å². The largest absolute Gasteiger partial charge is 0.467 e. The predicted molar refractivity (Wildman–Crippen MR) is 51.7 cm³/mol. The van der Waals surface area contributed by atoms with Crippen molar-refractivity contribution < 1.29 is 19.7 Å². The molecule has 13 heavy (non-hydrogen) atoms. The topological polar surface area (TPSA) is 66.8 Å². The normalized spacial score (nSPS) is 15.1. The number of aliphatic hydroxyl groups is 2. The van der Waals surface area contributed by atoms with Crippen molar-refractivity contribution in [1.29, 1.82) is 0 Å². The number of carbonyl (C=O) groups excluding carboxylic acids is 1. The van der Waals surface area contributed by atoms with Gasteiger partial charge in [0.25, 0.3) is 0 Å². The average molecular weight is 208 g/mol. The van der Waals surface area contributed by atoms with Gasteiger partial charge in [0.15, 0.2) is 5.60 Å². The van der Waals surface area contributed by atoms with E-state index in [1.54, 1.807) is 0 Å². The van der Waals surface area contributed by atoms with Gasteiger partial charge in [-0.05, 0) is 19.1 Å². The van der Waals surface area contributed by atoms with E-state index < -0.39 is 11.6 Å². The molecule has 0 aliphatic heterocycles. The highest BCUT2D eigenvalue weighted by molar-refractivity contribution is 7.99. The summed E-state index contributed by atoms with van der Waals surface area (Å²) in [6.07, 6.45) is 0.669. The number of methoxy groups -OCH3 is 1. The summed E-state index contributed by atoms with van der Waals surface area (Å²) in [5.74, 6) is 0.396. The van der Waals surface area contributed by atoms with Crippen LogP contribution < -0.4 is 0 Å². The Hall–Kier alpha value is -0.260. The Balaban J connectivity index is 3.69. The van der Waals surface area contributed by atoms with Gasteiger partial charge in [-0.1, -0.05) is 0 Å². The summed E-state index contributed by atoms with van der Waals surface area (Å²) >= 11 is 1.42. The summed E-state index contributed by atoms with van der Waals surface area (Å²) in [6.45, 7) is 1.55. The lowest BCUT2D eigenvalue weighted by molar-refractivity contribution is -0.158. The Morgan fingerprint density at radius 2 is 2.23 bits per heavy atom. The molecular formula is C8H16O4S. The van der Waals surface area contributed by atoms with E-state index in [1.165, 1.54) is 25.8 Å². The molecule has 0 saturated carbocycles. The molecule has 5 heteroatoms. The van der Waals surface area contributed by atoms with Crippen molar-refractivity contribution in [2.45, 2.75) is 18.9 Å². The molecule has 0 aromatic rings. The van der Waals surface area contributed by atoms with Gasteiger partial charge in [0.2, 0.25) is 0 Å². The summed E-state index contributed by atoms with van der Waals surface area (Å²) in [4.78, 5) is 11.0. The van der Waals surface area contributed by atoms with Crippen molar-refractivity contribution >= 4 is 17.7 Å². The number of rotatable bonds is 6. The summed E-state index contributed by atoms with van der Waals surface area (Å²) in [5.41, 5.74) is -1.42. The minimum absolute atomic E-state index is 0.132. The lowest BCUT2D eigenvalue weighted by Gasteiger charge is -2.19. The van der Waals surface area contributed by atoms with Crippen LogP contribution in [-0.2, 0) is 9.53 Å². The molecule has 0 amide bonds. The maximum absolute atomic E-state index is 11.0. The highest BCUT2D eigenvalue weighted by Gasteiger charge is 2.30. The van der Waals surface area contributed by atoms with E-state index >= 15 is 0 Å². The molecule has 0 heterocycles. The minimum atomic E-state index is -1.42. The molecule has 0 aromatic heterocycles. The van der Waals surface area contributed by atoms with Crippen molar-refractivity contribution in [1.82, 2.24) is 0 Å². The molecule has 0 rings (SSSR count). The number of thioether (sulfide) groups is 1. The van der Waals surface area contributed by atoms with Crippen LogP contribution >= 0.6 is 11.8 Å². The predicted octanol–water partition coefficient (Wildman–Crippen LogP) is 0.0260. The fourth-order valence-corrected chi connectivity index (χ4v) is 1.71. The minimum Gasteiger partial charge on any atom is -0.467 e. The van der Waals surface area contributed by atoms with Gasteiger partial charge in [-0.25, -0.2) is 4.79 Å². The second-order valence-corrected chi connectivity index (χ2v) is 4.00.